The molecule has 1 unspecified atom stereocenters. The van der Waals surface area contributed by atoms with Gasteiger partial charge in [0.05, 0.1) is 5.92 Å². The zero-order valence-corrected chi connectivity index (χ0v) is 11.0. The van der Waals surface area contributed by atoms with Crippen LogP contribution in [-0.4, -0.2) is 17.3 Å². The van der Waals surface area contributed by atoms with E-state index in [1.165, 1.54) is 0 Å². The molecular formula is C15H19NO3. The number of rotatable bonds is 4. The molecule has 1 aromatic carbocycles. The first-order valence-electron chi connectivity index (χ1n) is 6.88. The fourth-order valence-corrected chi connectivity index (χ4v) is 2.94. The lowest BCUT2D eigenvalue weighted by molar-refractivity contribution is -0.484. The first-order chi connectivity index (χ1) is 9.18. The number of Topliss-reactive ketones (excluding diaryl/α,β-unsaturated/α-hetero) is 1. The Bertz CT molecular complexity index is 444. The molecule has 0 bridgehead atoms. The van der Waals surface area contributed by atoms with Crippen LogP contribution in [0.15, 0.2) is 30.3 Å². The van der Waals surface area contributed by atoms with E-state index >= 15 is 0 Å². The van der Waals surface area contributed by atoms with Crippen molar-refractivity contribution >= 4 is 5.78 Å². The average Bonchev–Trinajstić information content (AvgIpc) is 2.62. The predicted octanol–water partition coefficient (Wildman–Crippen LogP) is 3.20. The molecule has 1 aromatic rings. The minimum Gasteiger partial charge on any atom is -0.299 e. The quantitative estimate of drug-likeness (QED) is 0.475. The van der Waals surface area contributed by atoms with Crippen molar-refractivity contribution < 1.29 is 9.72 Å². The van der Waals surface area contributed by atoms with Gasteiger partial charge in [-0.15, -0.1) is 0 Å². The highest BCUT2D eigenvalue weighted by molar-refractivity contribution is 5.82. The summed E-state index contributed by atoms with van der Waals surface area (Å²) >= 11 is 0. The molecule has 102 valence electrons. The molecule has 0 radical (unpaired) electrons. The van der Waals surface area contributed by atoms with E-state index in [2.05, 4.69) is 0 Å². The molecule has 0 spiro atoms. The van der Waals surface area contributed by atoms with E-state index in [4.69, 9.17) is 0 Å². The second kappa shape index (κ2) is 6.45. The normalized spacial score (nSPS) is 21.7. The third kappa shape index (κ3) is 3.63. The SMILES string of the molecule is O=C1CCCCCC1[C@@H](C[N+](=O)[O-])c1ccccc1. The fraction of sp³-hybridized carbons (Fsp3) is 0.533. The Hall–Kier alpha value is -1.71. The highest BCUT2D eigenvalue weighted by atomic mass is 16.6. The first-order valence-corrected chi connectivity index (χ1v) is 6.88. The van der Waals surface area contributed by atoms with Crippen LogP contribution in [0.1, 0.15) is 43.6 Å². The van der Waals surface area contributed by atoms with Crippen LogP contribution in [0.25, 0.3) is 0 Å². The van der Waals surface area contributed by atoms with Gasteiger partial charge in [-0.1, -0.05) is 43.2 Å². The Morgan fingerprint density at radius 2 is 1.95 bits per heavy atom. The van der Waals surface area contributed by atoms with Crippen LogP contribution in [-0.2, 0) is 4.79 Å². The Balaban J connectivity index is 2.25. The van der Waals surface area contributed by atoms with Crippen molar-refractivity contribution in [3.63, 3.8) is 0 Å². The van der Waals surface area contributed by atoms with Gasteiger partial charge in [-0.3, -0.25) is 14.9 Å². The second-order valence-electron chi connectivity index (χ2n) is 5.20. The molecule has 19 heavy (non-hydrogen) atoms. The van der Waals surface area contributed by atoms with E-state index in [9.17, 15) is 14.9 Å². The molecule has 0 saturated heterocycles. The Labute approximate surface area is 113 Å². The van der Waals surface area contributed by atoms with Gasteiger partial charge >= 0.3 is 0 Å². The lowest BCUT2D eigenvalue weighted by Crippen LogP contribution is -2.27. The molecule has 0 heterocycles. The van der Waals surface area contributed by atoms with Gasteiger partial charge in [-0.2, -0.15) is 0 Å². The molecule has 0 aromatic heterocycles. The molecule has 1 aliphatic carbocycles. The van der Waals surface area contributed by atoms with Gasteiger partial charge in [0.2, 0.25) is 6.54 Å². The summed E-state index contributed by atoms with van der Waals surface area (Å²) in [7, 11) is 0. The standard InChI is InChI=1S/C15H19NO3/c17-15-10-6-2-5-9-13(15)14(11-16(18)19)12-7-3-1-4-8-12/h1,3-4,7-8,13-14H,2,5-6,9-11H2/t13?,14-/m0/s1. The van der Waals surface area contributed by atoms with Crippen LogP contribution < -0.4 is 0 Å². The van der Waals surface area contributed by atoms with Gasteiger partial charge in [-0.05, 0) is 18.4 Å². The lowest BCUT2D eigenvalue weighted by Gasteiger charge is -2.22. The smallest absolute Gasteiger partial charge is 0.211 e. The molecule has 4 heteroatoms. The van der Waals surface area contributed by atoms with Gasteiger partial charge < -0.3 is 0 Å². The Morgan fingerprint density at radius 1 is 1.21 bits per heavy atom. The van der Waals surface area contributed by atoms with Crippen molar-refractivity contribution in [1.82, 2.24) is 0 Å². The summed E-state index contributed by atoms with van der Waals surface area (Å²) in [5.41, 5.74) is 0.916. The molecule has 0 amide bonds. The Morgan fingerprint density at radius 3 is 2.63 bits per heavy atom. The number of ketones is 1. The van der Waals surface area contributed by atoms with E-state index < -0.39 is 0 Å². The monoisotopic (exact) mass is 261 g/mol. The molecule has 0 aliphatic heterocycles. The summed E-state index contributed by atoms with van der Waals surface area (Å²) in [5.74, 6) is -0.259. The molecule has 4 nitrogen and oxygen atoms in total. The molecule has 1 fully saturated rings. The van der Waals surface area contributed by atoms with Gasteiger partial charge in [0, 0.05) is 17.3 Å². The highest BCUT2D eigenvalue weighted by Gasteiger charge is 2.33. The number of carbonyl (C=O) groups excluding carboxylic acids is 1. The fourth-order valence-electron chi connectivity index (χ4n) is 2.94. The maximum atomic E-state index is 12.2. The molecule has 2 atom stereocenters. The van der Waals surface area contributed by atoms with Crippen LogP contribution in [0.4, 0.5) is 0 Å². The molecule has 1 saturated carbocycles. The van der Waals surface area contributed by atoms with E-state index in [0.717, 1.165) is 31.2 Å². The summed E-state index contributed by atoms with van der Waals surface area (Å²) < 4.78 is 0. The van der Waals surface area contributed by atoms with E-state index in [-0.39, 0.29) is 29.1 Å². The first kappa shape index (κ1) is 13.7. The summed E-state index contributed by atoms with van der Waals surface area (Å²) in [6, 6.07) is 9.44. The molecule has 0 N–H and O–H groups in total. The average molecular weight is 261 g/mol. The van der Waals surface area contributed by atoms with E-state index in [1.807, 2.05) is 30.3 Å². The number of nitro groups is 1. The summed E-state index contributed by atoms with van der Waals surface area (Å²) in [5, 5.41) is 10.9. The van der Waals surface area contributed by atoms with Crippen molar-refractivity contribution in [2.45, 2.75) is 38.0 Å². The van der Waals surface area contributed by atoms with Crippen LogP contribution in [0.2, 0.25) is 0 Å². The Kier molecular flexibility index (Phi) is 4.66. The summed E-state index contributed by atoms with van der Waals surface area (Å²) in [4.78, 5) is 22.8. The van der Waals surface area contributed by atoms with Crippen molar-refractivity contribution in [3.8, 4) is 0 Å². The minimum absolute atomic E-state index is 0.152. The number of nitrogens with zero attached hydrogens (tertiary/aromatic N) is 1. The predicted molar refractivity (Wildman–Crippen MR) is 72.6 cm³/mol. The van der Waals surface area contributed by atoms with Crippen LogP contribution in [0.3, 0.4) is 0 Å². The lowest BCUT2D eigenvalue weighted by atomic mass is 9.80. The third-order valence-corrected chi connectivity index (χ3v) is 3.91. The number of benzene rings is 1. The van der Waals surface area contributed by atoms with Gasteiger partial charge in [0.25, 0.3) is 0 Å². The van der Waals surface area contributed by atoms with Gasteiger partial charge in [-0.25, -0.2) is 0 Å². The highest BCUT2D eigenvalue weighted by Crippen LogP contribution is 2.33. The van der Waals surface area contributed by atoms with Crippen molar-refractivity contribution in [2.75, 3.05) is 6.54 Å². The van der Waals surface area contributed by atoms with Crippen molar-refractivity contribution in [2.24, 2.45) is 5.92 Å². The maximum absolute atomic E-state index is 12.2. The second-order valence-corrected chi connectivity index (χ2v) is 5.20. The third-order valence-electron chi connectivity index (χ3n) is 3.91. The van der Waals surface area contributed by atoms with Crippen molar-refractivity contribution in [1.29, 1.82) is 0 Å². The molecule has 1 aliphatic rings. The molecule has 2 rings (SSSR count). The van der Waals surface area contributed by atoms with Crippen molar-refractivity contribution in [3.05, 3.63) is 46.0 Å². The van der Waals surface area contributed by atoms with Crippen LogP contribution >= 0.6 is 0 Å². The van der Waals surface area contributed by atoms with E-state index in [0.29, 0.717) is 6.42 Å². The number of hydrogen-bond acceptors (Lipinski definition) is 3. The van der Waals surface area contributed by atoms with Gasteiger partial charge in [0.1, 0.15) is 5.78 Å². The summed E-state index contributed by atoms with van der Waals surface area (Å²) in [6.45, 7) is -0.152. The largest absolute Gasteiger partial charge is 0.299 e. The van der Waals surface area contributed by atoms with Gasteiger partial charge in [0.15, 0.2) is 0 Å². The zero-order chi connectivity index (χ0) is 13.7. The minimum atomic E-state index is -0.296. The topological polar surface area (TPSA) is 60.2 Å². The number of carbonyl (C=O) groups is 1. The summed E-state index contributed by atoms with van der Waals surface area (Å²) in [6.07, 6.45) is 4.34. The van der Waals surface area contributed by atoms with E-state index in [1.54, 1.807) is 0 Å². The van der Waals surface area contributed by atoms with Crippen LogP contribution in [0, 0.1) is 16.0 Å². The molecular weight excluding hydrogens is 242 g/mol. The maximum Gasteiger partial charge on any atom is 0.211 e. The van der Waals surface area contributed by atoms with Crippen LogP contribution in [0.5, 0.6) is 0 Å². The number of hydrogen-bond donors (Lipinski definition) is 0. The zero-order valence-electron chi connectivity index (χ0n) is 11.0.